The Hall–Kier alpha value is -0.290. The van der Waals surface area contributed by atoms with E-state index in [1.807, 2.05) is 18.2 Å². The van der Waals surface area contributed by atoms with Gasteiger partial charge in [0.25, 0.3) is 0 Å². The van der Waals surface area contributed by atoms with E-state index < -0.39 is 0 Å². The molecule has 1 fully saturated rings. The van der Waals surface area contributed by atoms with Crippen LogP contribution < -0.4 is 4.90 Å². The zero-order valence-electron chi connectivity index (χ0n) is 8.17. The minimum atomic E-state index is 0.371. The van der Waals surface area contributed by atoms with Crippen molar-refractivity contribution in [3.05, 3.63) is 26.8 Å². The quantitative estimate of drug-likeness (QED) is 0.735. The van der Waals surface area contributed by atoms with Crippen molar-refractivity contribution in [2.75, 3.05) is 18.0 Å². The number of anilines is 1. The Morgan fingerprint density at radius 2 is 1.93 bits per heavy atom. The fourth-order valence-electron chi connectivity index (χ4n) is 1.73. The molecule has 1 saturated heterocycles. The van der Waals surface area contributed by atoms with E-state index in [1.165, 1.54) is 5.69 Å². The van der Waals surface area contributed by atoms with Crippen LogP contribution in [0.4, 0.5) is 5.69 Å². The number of benzene rings is 1. The van der Waals surface area contributed by atoms with Crippen LogP contribution in [0.25, 0.3) is 0 Å². The molecule has 1 aliphatic rings. The maximum absolute atomic E-state index is 11.1. The second-order valence-electron chi connectivity index (χ2n) is 3.62. The first kappa shape index (κ1) is 11.2. The van der Waals surface area contributed by atoms with Crippen molar-refractivity contribution in [3.8, 4) is 0 Å². The lowest BCUT2D eigenvalue weighted by Crippen LogP contribution is -2.34. The van der Waals surface area contributed by atoms with Gasteiger partial charge in [0.05, 0.1) is 5.69 Å². The fourth-order valence-corrected chi connectivity index (χ4v) is 2.95. The number of hydrogen-bond acceptors (Lipinski definition) is 2. The topological polar surface area (TPSA) is 20.3 Å². The first-order valence-electron chi connectivity index (χ1n) is 4.88. The van der Waals surface area contributed by atoms with Crippen LogP contribution >= 0.6 is 34.2 Å². The summed E-state index contributed by atoms with van der Waals surface area (Å²) in [5, 5.41) is 0.760. The Balaban J connectivity index is 2.19. The Bertz CT molecular complexity index is 384. The predicted octanol–water partition coefficient (Wildman–Crippen LogP) is 3.11. The number of carbonyl (C=O) groups is 1. The van der Waals surface area contributed by atoms with Gasteiger partial charge in [-0.2, -0.15) is 0 Å². The maximum atomic E-state index is 11.1. The van der Waals surface area contributed by atoms with E-state index in [0.29, 0.717) is 18.6 Å². The zero-order chi connectivity index (χ0) is 10.8. The van der Waals surface area contributed by atoms with Crippen molar-refractivity contribution >= 4 is 45.7 Å². The third-order valence-corrected chi connectivity index (χ3v) is 3.67. The molecule has 1 aromatic rings. The molecule has 1 aliphatic heterocycles. The standard InChI is InChI=1S/C11H11ClINO/c12-8-1-2-11(10(13)7-8)14-5-3-9(15)4-6-14/h1-2,7H,3-6H2. The van der Waals surface area contributed by atoms with Gasteiger partial charge in [-0.1, -0.05) is 11.6 Å². The molecule has 4 heteroatoms. The zero-order valence-corrected chi connectivity index (χ0v) is 11.1. The number of Topliss-reactive ketones (excluding diaryl/α,β-unsaturated/α-hetero) is 1. The summed E-state index contributed by atoms with van der Waals surface area (Å²) in [6.45, 7) is 1.66. The Kier molecular flexibility index (Phi) is 3.51. The van der Waals surface area contributed by atoms with Crippen LogP contribution in [0.5, 0.6) is 0 Å². The van der Waals surface area contributed by atoms with Crippen LogP contribution in [0.2, 0.25) is 5.02 Å². The van der Waals surface area contributed by atoms with Gasteiger partial charge in [-0.3, -0.25) is 4.79 Å². The molecule has 80 valence electrons. The Morgan fingerprint density at radius 1 is 1.27 bits per heavy atom. The number of ketones is 1. The van der Waals surface area contributed by atoms with Gasteiger partial charge in [0.2, 0.25) is 0 Å². The molecule has 0 bridgehead atoms. The minimum Gasteiger partial charge on any atom is -0.370 e. The van der Waals surface area contributed by atoms with Gasteiger partial charge in [-0.25, -0.2) is 0 Å². The second kappa shape index (κ2) is 4.70. The van der Waals surface area contributed by atoms with Crippen LogP contribution in [-0.4, -0.2) is 18.9 Å². The molecule has 0 spiro atoms. The molecule has 0 saturated carbocycles. The summed E-state index contributed by atoms with van der Waals surface area (Å²) in [5.74, 6) is 0.371. The molecule has 0 amide bonds. The molecule has 1 aromatic carbocycles. The molecule has 0 aliphatic carbocycles. The molecular formula is C11H11ClINO. The van der Waals surface area contributed by atoms with E-state index in [2.05, 4.69) is 27.5 Å². The third-order valence-electron chi connectivity index (χ3n) is 2.57. The van der Waals surface area contributed by atoms with Crippen LogP contribution in [-0.2, 0) is 4.79 Å². The first-order valence-corrected chi connectivity index (χ1v) is 6.34. The Morgan fingerprint density at radius 3 is 2.53 bits per heavy atom. The second-order valence-corrected chi connectivity index (χ2v) is 5.22. The summed E-state index contributed by atoms with van der Waals surface area (Å²) < 4.78 is 1.15. The summed E-state index contributed by atoms with van der Waals surface area (Å²) in [4.78, 5) is 13.4. The summed E-state index contributed by atoms with van der Waals surface area (Å²) in [5.41, 5.74) is 1.19. The van der Waals surface area contributed by atoms with Gasteiger partial charge in [-0.15, -0.1) is 0 Å². The molecule has 0 unspecified atom stereocenters. The molecule has 1 heterocycles. The lowest BCUT2D eigenvalue weighted by molar-refractivity contribution is -0.119. The fraction of sp³-hybridized carbons (Fsp3) is 0.364. The number of rotatable bonds is 1. The van der Waals surface area contributed by atoms with E-state index in [1.54, 1.807) is 0 Å². The van der Waals surface area contributed by atoms with Crippen LogP contribution in [0, 0.1) is 3.57 Å². The lowest BCUT2D eigenvalue weighted by Gasteiger charge is -2.29. The average Bonchev–Trinajstić information content (AvgIpc) is 2.20. The van der Waals surface area contributed by atoms with E-state index in [4.69, 9.17) is 11.6 Å². The van der Waals surface area contributed by atoms with Crippen molar-refractivity contribution < 1.29 is 4.79 Å². The molecule has 2 rings (SSSR count). The normalized spacial score (nSPS) is 16.9. The molecule has 0 atom stereocenters. The van der Waals surface area contributed by atoms with Gasteiger partial charge in [0.15, 0.2) is 0 Å². The van der Waals surface area contributed by atoms with Gasteiger partial charge >= 0.3 is 0 Å². The van der Waals surface area contributed by atoms with Gasteiger partial charge in [0.1, 0.15) is 5.78 Å². The van der Waals surface area contributed by atoms with Crippen molar-refractivity contribution in [3.63, 3.8) is 0 Å². The van der Waals surface area contributed by atoms with Crippen molar-refractivity contribution in [2.45, 2.75) is 12.8 Å². The highest BCUT2D eigenvalue weighted by Crippen LogP contribution is 2.27. The maximum Gasteiger partial charge on any atom is 0.136 e. The first-order chi connectivity index (χ1) is 7.16. The van der Waals surface area contributed by atoms with Gasteiger partial charge in [-0.05, 0) is 40.8 Å². The predicted molar refractivity (Wildman–Crippen MR) is 70.6 cm³/mol. The van der Waals surface area contributed by atoms with Crippen LogP contribution in [0.1, 0.15) is 12.8 Å². The smallest absolute Gasteiger partial charge is 0.136 e. The SMILES string of the molecule is O=C1CCN(c2ccc(Cl)cc2I)CC1. The summed E-state index contributed by atoms with van der Waals surface area (Å²) in [6.07, 6.45) is 1.33. The highest BCUT2D eigenvalue weighted by Gasteiger charge is 2.17. The minimum absolute atomic E-state index is 0.371. The van der Waals surface area contributed by atoms with Crippen molar-refractivity contribution in [1.29, 1.82) is 0 Å². The van der Waals surface area contributed by atoms with E-state index >= 15 is 0 Å². The van der Waals surface area contributed by atoms with Crippen LogP contribution in [0.3, 0.4) is 0 Å². The molecule has 15 heavy (non-hydrogen) atoms. The average molecular weight is 336 g/mol. The summed E-state index contributed by atoms with van der Waals surface area (Å²) in [6, 6.07) is 5.88. The number of carbonyl (C=O) groups excluding carboxylic acids is 1. The number of halogens is 2. The van der Waals surface area contributed by atoms with Crippen molar-refractivity contribution in [1.82, 2.24) is 0 Å². The monoisotopic (exact) mass is 335 g/mol. The lowest BCUT2D eigenvalue weighted by atomic mass is 10.1. The van der Waals surface area contributed by atoms with Crippen LogP contribution in [0.15, 0.2) is 18.2 Å². The Labute approximate surface area is 108 Å². The van der Waals surface area contributed by atoms with Gasteiger partial charge in [0, 0.05) is 34.5 Å². The largest absolute Gasteiger partial charge is 0.370 e. The van der Waals surface area contributed by atoms with E-state index in [9.17, 15) is 4.79 Å². The molecule has 0 radical (unpaired) electrons. The molecular weight excluding hydrogens is 324 g/mol. The summed E-state index contributed by atoms with van der Waals surface area (Å²) >= 11 is 8.18. The highest BCUT2D eigenvalue weighted by molar-refractivity contribution is 14.1. The third kappa shape index (κ3) is 2.64. The number of hydrogen-bond donors (Lipinski definition) is 0. The van der Waals surface area contributed by atoms with Gasteiger partial charge < -0.3 is 4.90 Å². The molecule has 0 N–H and O–H groups in total. The van der Waals surface area contributed by atoms with E-state index in [0.717, 1.165) is 21.7 Å². The number of piperidine rings is 1. The van der Waals surface area contributed by atoms with E-state index in [-0.39, 0.29) is 0 Å². The molecule has 0 aromatic heterocycles. The summed E-state index contributed by atoms with van der Waals surface area (Å²) in [7, 11) is 0. The molecule has 2 nitrogen and oxygen atoms in total. The van der Waals surface area contributed by atoms with Crippen molar-refractivity contribution in [2.24, 2.45) is 0 Å². The number of nitrogens with zero attached hydrogens (tertiary/aromatic N) is 1. The highest BCUT2D eigenvalue weighted by atomic mass is 127.